The Balaban J connectivity index is 1.36. The third kappa shape index (κ3) is 4.38. The highest BCUT2D eigenvalue weighted by Gasteiger charge is 2.36. The van der Waals surface area contributed by atoms with E-state index in [4.69, 9.17) is 5.73 Å². The first kappa shape index (κ1) is 25.1. The highest BCUT2D eigenvalue weighted by molar-refractivity contribution is 5.96. The number of imidazole rings is 1. The van der Waals surface area contributed by atoms with Crippen molar-refractivity contribution in [2.75, 3.05) is 19.6 Å². The number of hydrogen-bond acceptors (Lipinski definition) is 7. The molecule has 0 radical (unpaired) electrons. The molecule has 2 aliphatic rings. The minimum absolute atomic E-state index is 0.0186. The average Bonchev–Trinajstić information content (AvgIpc) is 3.52. The van der Waals surface area contributed by atoms with E-state index in [-0.39, 0.29) is 34.2 Å². The number of nitrogens with one attached hydrogen (secondary N) is 2. The molecule has 0 atom stereocenters. The number of fused-ring (bicyclic) bond motifs is 2. The first-order chi connectivity index (χ1) is 18.2. The van der Waals surface area contributed by atoms with Crippen LogP contribution in [0.25, 0.3) is 11.2 Å². The molecule has 0 saturated carbocycles. The number of aromatic amines is 2. The summed E-state index contributed by atoms with van der Waals surface area (Å²) in [6.45, 7) is 10.3. The molecular formula is C27H31N9O2. The number of aromatic nitrogens is 5. The number of nitrogens with zero attached hydrogens (tertiary/aromatic N) is 6. The van der Waals surface area contributed by atoms with Crippen molar-refractivity contribution in [3.8, 4) is 6.07 Å². The molecule has 0 unspecified atom stereocenters. The van der Waals surface area contributed by atoms with Crippen LogP contribution in [0.15, 0.2) is 65.0 Å². The van der Waals surface area contributed by atoms with Gasteiger partial charge in [0.15, 0.2) is 5.65 Å². The van der Waals surface area contributed by atoms with Gasteiger partial charge in [-0.25, -0.2) is 9.78 Å². The summed E-state index contributed by atoms with van der Waals surface area (Å²) in [5, 5.41) is 17.0. The molecule has 5 rings (SSSR count). The lowest BCUT2D eigenvalue weighted by Gasteiger charge is -2.38. The zero-order chi connectivity index (χ0) is 27.0. The number of carbonyl (C=O) groups excluding carboxylic acids is 1. The van der Waals surface area contributed by atoms with Crippen molar-refractivity contribution in [1.29, 1.82) is 5.26 Å². The first-order valence-corrected chi connectivity index (χ1v) is 12.6. The zero-order valence-electron chi connectivity index (χ0n) is 21.6. The monoisotopic (exact) mass is 513 g/mol. The van der Waals surface area contributed by atoms with E-state index in [0.717, 1.165) is 16.8 Å². The number of amides is 1. The third-order valence-corrected chi connectivity index (χ3v) is 7.44. The topological polar surface area (TPSA) is 153 Å². The maximum absolute atomic E-state index is 13.5. The molecule has 3 aromatic heterocycles. The Kier molecular flexibility index (Phi) is 6.40. The van der Waals surface area contributed by atoms with Crippen molar-refractivity contribution in [3.05, 3.63) is 82.0 Å². The number of hydrogen-bond donors (Lipinski definition) is 3. The minimum Gasteiger partial charge on any atom is -0.403 e. The maximum atomic E-state index is 13.5. The van der Waals surface area contributed by atoms with Crippen LogP contribution in [0.5, 0.6) is 0 Å². The van der Waals surface area contributed by atoms with E-state index >= 15 is 0 Å². The number of carbonyl (C=O) groups is 1. The van der Waals surface area contributed by atoms with Gasteiger partial charge in [-0.15, -0.1) is 0 Å². The second-order valence-electron chi connectivity index (χ2n) is 10.5. The van der Waals surface area contributed by atoms with Crippen molar-refractivity contribution in [3.63, 3.8) is 0 Å². The summed E-state index contributed by atoms with van der Waals surface area (Å²) in [5.41, 5.74) is 9.80. The van der Waals surface area contributed by atoms with E-state index in [0.29, 0.717) is 50.4 Å². The van der Waals surface area contributed by atoms with E-state index < -0.39 is 0 Å². The standard InChI is InChI=1S/C27H31N9O2/c1-17(25(37)35-15-19-14-31-33-23(19)27(2,3)16-35)11-22(18(12-28)13-29)34-9-6-20(7-10-34)36-21-5-4-8-30-24(21)32-26(36)38/h4-5,8,11-12,14,20H,1,6-7,9-10,15-16,28H2,2-3H3,(H,31,33)(H,30,32,38)/b18-12-,22-11+. The molecule has 1 fully saturated rings. The molecule has 4 N–H and O–H groups in total. The Bertz CT molecular complexity index is 1550. The van der Waals surface area contributed by atoms with Crippen LogP contribution in [-0.4, -0.2) is 60.1 Å². The smallest absolute Gasteiger partial charge is 0.327 e. The number of allylic oxidation sites excluding steroid dienone is 1. The van der Waals surface area contributed by atoms with E-state index in [9.17, 15) is 14.9 Å². The number of nitrogens with two attached hydrogens (primary N) is 1. The molecule has 3 aromatic rings. The highest BCUT2D eigenvalue weighted by atomic mass is 16.2. The zero-order valence-corrected chi connectivity index (χ0v) is 21.6. The van der Waals surface area contributed by atoms with Gasteiger partial charge in [-0.3, -0.25) is 19.4 Å². The van der Waals surface area contributed by atoms with Crippen LogP contribution in [0, 0.1) is 11.3 Å². The first-order valence-electron chi connectivity index (χ1n) is 12.6. The Morgan fingerprint density at radius 1 is 1.32 bits per heavy atom. The van der Waals surface area contributed by atoms with Gasteiger partial charge in [-0.1, -0.05) is 20.4 Å². The Morgan fingerprint density at radius 2 is 2.08 bits per heavy atom. The van der Waals surface area contributed by atoms with Crippen LogP contribution in [-0.2, 0) is 16.8 Å². The summed E-state index contributed by atoms with van der Waals surface area (Å²) in [4.78, 5) is 37.0. The fourth-order valence-corrected chi connectivity index (χ4v) is 5.61. The van der Waals surface area contributed by atoms with Gasteiger partial charge in [0.05, 0.1) is 23.0 Å². The Labute approximate surface area is 219 Å². The van der Waals surface area contributed by atoms with E-state index in [1.807, 2.05) is 17.0 Å². The molecule has 1 amide bonds. The van der Waals surface area contributed by atoms with Crippen LogP contribution in [0.3, 0.4) is 0 Å². The van der Waals surface area contributed by atoms with E-state index in [1.165, 1.54) is 6.20 Å². The van der Waals surface area contributed by atoms with E-state index in [2.05, 4.69) is 46.7 Å². The Hall–Kier alpha value is -4.59. The minimum atomic E-state index is -0.278. The predicted molar refractivity (Wildman–Crippen MR) is 142 cm³/mol. The van der Waals surface area contributed by atoms with Crippen LogP contribution in [0.4, 0.5) is 0 Å². The lowest BCUT2D eigenvalue weighted by molar-refractivity contribution is -0.128. The van der Waals surface area contributed by atoms with Gasteiger partial charge < -0.3 is 15.5 Å². The number of likely N-dealkylation sites (tertiary alicyclic amines) is 1. The maximum Gasteiger partial charge on any atom is 0.327 e. The molecular weight excluding hydrogens is 482 g/mol. The van der Waals surface area contributed by atoms with Gasteiger partial charge in [0.1, 0.15) is 6.07 Å². The Morgan fingerprint density at radius 3 is 2.79 bits per heavy atom. The van der Waals surface area contributed by atoms with Gasteiger partial charge in [0.2, 0.25) is 0 Å². The van der Waals surface area contributed by atoms with Crippen LogP contribution >= 0.6 is 0 Å². The van der Waals surface area contributed by atoms with Crippen molar-refractivity contribution < 1.29 is 4.79 Å². The average molecular weight is 514 g/mol. The summed E-state index contributed by atoms with van der Waals surface area (Å²) >= 11 is 0. The molecule has 11 heteroatoms. The highest BCUT2D eigenvalue weighted by Crippen LogP contribution is 2.33. The largest absolute Gasteiger partial charge is 0.403 e. The number of nitriles is 1. The van der Waals surface area contributed by atoms with Gasteiger partial charge >= 0.3 is 5.69 Å². The van der Waals surface area contributed by atoms with Gasteiger partial charge in [-0.05, 0) is 31.1 Å². The summed E-state index contributed by atoms with van der Waals surface area (Å²) in [6, 6.07) is 5.82. The van der Waals surface area contributed by atoms with Crippen molar-refractivity contribution >= 4 is 17.1 Å². The lowest BCUT2D eigenvalue weighted by Crippen LogP contribution is -2.45. The molecule has 196 valence electrons. The summed E-state index contributed by atoms with van der Waals surface area (Å²) < 4.78 is 1.76. The normalized spacial score (nSPS) is 18.3. The van der Waals surface area contributed by atoms with E-state index in [1.54, 1.807) is 27.9 Å². The van der Waals surface area contributed by atoms with Crippen molar-refractivity contribution in [1.82, 2.24) is 34.5 Å². The third-order valence-electron chi connectivity index (χ3n) is 7.44. The molecule has 38 heavy (non-hydrogen) atoms. The van der Waals surface area contributed by atoms with Crippen LogP contribution in [0.2, 0.25) is 0 Å². The SMILES string of the molecule is C=C(/C=C(\C(C#N)=C/N)N1CCC(n2c(=O)[nH]c3ncccc32)CC1)C(=O)N1Cc2cn[nH]c2C(C)(C)C1. The van der Waals surface area contributed by atoms with Crippen molar-refractivity contribution in [2.24, 2.45) is 5.73 Å². The predicted octanol–water partition coefficient (Wildman–Crippen LogP) is 2.21. The van der Waals surface area contributed by atoms with Gasteiger partial charge in [0, 0.05) is 66.9 Å². The van der Waals surface area contributed by atoms with Gasteiger partial charge in [-0.2, -0.15) is 10.4 Å². The lowest BCUT2D eigenvalue weighted by atomic mass is 9.83. The summed E-state index contributed by atoms with van der Waals surface area (Å²) in [6.07, 6.45) is 7.67. The number of pyridine rings is 1. The van der Waals surface area contributed by atoms with Crippen LogP contribution < -0.4 is 11.4 Å². The fraction of sp³-hybridized carbons (Fsp3) is 0.370. The molecule has 11 nitrogen and oxygen atoms in total. The fourth-order valence-electron chi connectivity index (χ4n) is 5.61. The van der Waals surface area contributed by atoms with Gasteiger partial charge in [0.25, 0.3) is 5.91 Å². The molecule has 2 aliphatic heterocycles. The second kappa shape index (κ2) is 9.70. The number of piperidine rings is 1. The molecule has 0 bridgehead atoms. The summed E-state index contributed by atoms with van der Waals surface area (Å²) in [7, 11) is 0. The molecule has 0 aromatic carbocycles. The molecule has 5 heterocycles. The molecule has 0 spiro atoms. The van der Waals surface area contributed by atoms with Crippen molar-refractivity contribution in [2.45, 2.75) is 44.7 Å². The summed E-state index contributed by atoms with van der Waals surface area (Å²) in [5.74, 6) is -0.204. The quantitative estimate of drug-likeness (QED) is 0.269. The second-order valence-corrected chi connectivity index (χ2v) is 10.5. The number of rotatable bonds is 5. The number of H-pyrrole nitrogens is 2. The van der Waals surface area contributed by atoms with Crippen LogP contribution in [0.1, 0.15) is 44.0 Å². The molecule has 0 aliphatic carbocycles. The molecule has 1 saturated heterocycles.